The number of nitrogens with zero attached hydrogens (tertiary/aromatic N) is 2. The van der Waals surface area contributed by atoms with Crippen molar-refractivity contribution in [3.05, 3.63) is 78.8 Å². The summed E-state index contributed by atoms with van der Waals surface area (Å²) in [4.78, 5) is 8.42. The molecule has 1 aromatic carbocycles. The van der Waals surface area contributed by atoms with E-state index in [1.807, 2.05) is 51.1 Å². The Labute approximate surface area is 172 Å². The highest BCUT2D eigenvalue weighted by molar-refractivity contribution is 5.94. The summed E-state index contributed by atoms with van der Waals surface area (Å²) < 4.78 is 0. The summed E-state index contributed by atoms with van der Waals surface area (Å²) >= 11 is 0. The highest BCUT2D eigenvalue weighted by atomic mass is 15.0. The quantitative estimate of drug-likeness (QED) is 0.317. The smallest absolute Gasteiger partial charge is 0.103 e. The number of nitrogens with one attached hydrogen (secondary N) is 1. The number of benzene rings is 1. The van der Waals surface area contributed by atoms with E-state index in [2.05, 4.69) is 54.8 Å². The molecule has 2 rings (SSSR count). The van der Waals surface area contributed by atoms with E-state index < -0.39 is 0 Å². The highest BCUT2D eigenvalue weighted by Crippen LogP contribution is 2.12. The van der Waals surface area contributed by atoms with Crippen molar-refractivity contribution in [3.63, 3.8) is 0 Å². The number of rotatable bonds is 6. The number of unbranched alkanes of at least 4 members (excludes halogenated alkanes) is 2. The van der Waals surface area contributed by atoms with E-state index in [1.54, 1.807) is 18.6 Å². The third-order valence-corrected chi connectivity index (χ3v) is 3.66. The second-order valence-corrected chi connectivity index (χ2v) is 6.14. The van der Waals surface area contributed by atoms with Gasteiger partial charge in [-0.15, -0.1) is 0 Å². The van der Waals surface area contributed by atoms with Gasteiger partial charge >= 0.3 is 0 Å². The lowest BCUT2D eigenvalue weighted by molar-refractivity contribution is 0.772. The Hall–Kier alpha value is -2.68. The molecule has 2 aromatic rings. The van der Waals surface area contributed by atoms with Gasteiger partial charge in [-0.25, -0.2) is 4.99 Å². The molecular formula is C25H37N3. The van der Waals surface area contributed by atoms with E-state index in [-0.39, 0.29) is 0 Å². The molecule has 0 unspecified atom stereocenters. The molecule has 0 aliphatic heterocycles. The summed E-state index contributed by atoms with van der Waals surface area (Å²) in [7, 11) is 0. The van der Waals surface area contributed by atoms with Crippen LogP contribution in [0.5, 0.6) is 0 Å². The first-order valence-corrected chi connectivity index (χ1v) is 10.2. The summed E-state index contributed by atoms with van der Waals surface area (Å²) in [6.07, 6.45) is 11.2. The lowest BCUT2D eigenvalue weighted by Gasteiger charge is -2.04. The van der Waals surface area contributed by atoms with Crippen LogP contribution in [0.15, 0.2) is 72.6 Å². The number of hydrogen-bond donors (Lipinski definition) is 1. The van der Waals surface area contributed by atoms with Gasteiger partial charge in [0.1, 0.15) is 5.84 Å². The van der Waals surface area contributed by atoms with Gasteiger partial charge in [-0.05, 0) is 49.3 Å². The lowest BCUT2D eigenvalue weighted by Crippen LogP contribution is -2.06. The fourth-order valence-corrected chi connectivity index (χ4v) is 2.12. The first-order chi connectivity index (χ1) is 13.6. The zero-order valence-electron chi connectivity index (χ0n) is 18.5. The van der Waals surface area contributed by atoms with Crippen molar-refractivity contribution in [2.75, 3.05) is 5.32 Å². The molecule has 0 aliphatic rings. The maximum absolute atomic E-state index is 4.35. The maximum atomic E-state index is 4.35. The van der Waals surface area contributed by atoms with E-state index in [0.29, 0.717) is 0 Å². The number of aliphatic imine (C=N–C) groups is 1. The van der Waals surface area contributed by atoms with Gasteiger partial charge in [0.15, 0.2) is 0 Å². The second kappa shape index (κ2) is 16.5. The van der Waals surface area contributed by atoms with Gasteiger partial charge in [-0.2, -0.15) is 0 Å². The van der Waals surface area contributed by atoms with Gasteiger partial charge in [-0.3, -0.25) is 4.98 Å². The average molecular weight is 380 g/mol. The molecule has 0 saturated carbocycles. The fourth-order valence-electron chi connectivity index (χ4n) is 2.12. The lowest BCUT2D eigenvalue weighted by atomic mass is 10.1. The van der Waals surface area contributed by atoms with Gasteiger partial charge in [0, 0.05) is 24.3 Å². The van der Waals surface area contributed by atoms with E-state index in [4.69, 9.17) is 0 Å². The molecule has 0 fully saturated rings. The van der Waals surface area contributed by atoms with E-state index in [9.17, 15) is 0 Å². The molecule has 3 heteroatoms. The normalized spacial score (nSPS) is 10.4. The molecule has 0 bridgehead atoms. The minimum absolute atomic E-state index is 0.828. The van der Waals surface area contributed by atoms with Gasteiger partial charge in [0.25, 0.3) is 0 Å². The molecule has 0 saturated heterocycles. The van der Waals surface area contributed by atoms with Crippen molar-refractivity contribution in [2.24, 2.45) is 4.99 Å². The summed E-state index contributed by atoms with van der Waals surface area (Å²) in [5, 5.41) is 3.24. The molecule has 1 aromatic heterocycles. The van der Waals surface area contributed by atoms with Crippen LogP contribution in [0.2, 0.25) is 0 Å². The van der Waals surface area contributed by atoms with Crippen molar-refractivity contribution >= 4 is 17.1 Å². The van der Waals surface area contributed by atoms with Crippen molar-refractivity contribution in [1.29, 1.82) is 0 Å². The molecule has 0 radical (unpaired) electrons. The Kier molecular flexibility index (Phi) is 14.9. The molecule has 1 N–H and O–H groups in total. The number of allylic oxidation sites excluding steroid dienone is 2. The minimum atomic E-state index is 0.828. The number of amidine groups is 1. The molecule has 28 heavy (non-hydrogen) atoms. The van der Waals surface area contributed by atoms with Crippen LogP contribution in [0.4, 0.5) is 5.69 Å². The molecule has 0 atom stereocenters. The fraction of sp³-hybridized carbons (Fsp3) is 0.360. The second-order valence-electron chi connectivity index (χ2n) is 6.14. The van der Waals surface area contributed by atoms with Crippen LogP contribution in [0.1, 0.15) is 65.0 Å². The number of hydrogen-bond acceptors (Lipinski definition) is 2. The van der Waals surface area contributed by atoms with Crippen LogP contribution in [0, 0.1) is 6.92 Å². The Morgan fingerprint density at radius 2 is 1.75 bits per heavy atom. The van der Waals surface area contributed by atoms with Crippen LogP contribution in [-0.4, -0.2) is 10.8 Å². The van der Waals surface area contributed by atoms with Crippen LogP contribution in [0.25, 0.3) is 5.57 Å². The standard InChI is InChI=1S/C18H19N3.C5H12.C2H6/c1-14-6-8-18(9-7-14)21-16(3)20-12-10-15(2)17-5-4-11-19-13-17;1-3-5-4-2;1-2/h4-13H,2H2,1,3H3,(H,20,21);3-5H2,1-2H3;1-2H3/b12-10-;;. The van der Waals surface area contributed by atoms with Crippen LogP contribution in [-0.2, 0) is 0 Å². The molecular weight excluding hydrogens is 342 g/mol. The molecule has 3 nitrogen and oxygen atoms in total. The first kappa shape index (κ1) is 25.3. The van der Waals surface area contributed by atoms with Crippen molar-refractivity contribution in [1.82, 2.24) is 4.98 Å². The predicted molar refractivity (Wildman–Crippen MR) is 127 cm³/mol. The van der Waals surface area contributed by atoms with Crippen LogP contribution < -0.4 is 5.32 Å². The summed E-state index contributed by atoms with van der Waals surface area (Å²) in [6, 6.07) is 12.1. The molecule has 0 spiro atoms. The molecule has 152 valence electrons. The number of aromatic nitrogens is 1. The summed E-state index contributed by atoms with van der Waals surface area (Å²) in [5.74, 6) is 0.828. The number of aryl methyl sites for hydroxylation is 1. The average Bonchev–Trinajstić information content (AvgIpc) is 2.73. The molecule has 0 aliphatic carbocycles. The van der Waals surface area contributed by atoms with Gasteiger partial charge in [0.05, 0.1) is 0 Å². The Bertz CT molecular complexity index is 696. The van der Waals surface area contributed by atoms with Gasteiger partial charge < -0.3 is 5.32 Å². The summed E-state index contributed by atoms with van der Waals surface area (Å²) in [6.45, 7) is 16.4. The topological polar surface area (TPSA) is 37.3 Å². The Balaban J connectivity index is 0.000000906. The predicted octanol–water partition coefficient (Wildman–Crippen LogP) is 7.67. The van der Waals surface area contributed by atoms with Gasteiger partial charge in [0.2, 0.25) is 0 Å². The zero-order chi connectivity index (χ0) is 21.2. The Morgan fingerprint density at radius 3 is 2.25 bits per heavy atom. The third-order valence-electron chi connectivity index (χ3n) is 3.66. The zero-order valence-corrected chi connectivity index (χ0v) is 18.5. The van der Waals surface area contributed by atoms with Gasteiger partial charge in [-0.1, -0.05) is 77.3 Å². The van der Waals surface area contributed by atoms with E-state index in [0.717, 1.165) is 22.7 Å². The number of pyridine rings is 1. The third kappa shape index (κ3) is 11.8. The summed E-state index contributed by atoms with van der Waals surface area (Å²) in [5.41, 5.74) is 4.15. The monoisotopic (exact) mass is 379 g/mol. The first-order valence-electron chi connectivity index (χ1n) is 10.2. The maximum Gasteiger partial charge on any atom is 0.103 e. The van der Waals surface area contributed by atoms with Crippen molar-refractivity contribution in [3.8, 4) is 0 Å². The molecule has 1 heterocycles. The minimum Gasteiger partial charge on any atom is -0.344 e. The van der Waals surface area contributed by atoms with Crippen molar-refractivity contribution in [2.45, 2.75) is 60.8 Å². The van der Waals surface area contributed by atoms with Crippen molar-refractivity contribution < 1.29 is 0 Å². The Morgan fingerprint density at radius 1 is 1.11 bits per heavy atom. The SMILES string of the molecule is C=C(/C=C\N=C(C)Nc1ccc(C)cc1)c1cccnc1.CC.CCCCC. The largest absolute Gasteiger partial charge is 0.344 e. The number of anilines is 1. The van der Waals surface area contributed by atoms with E-state index >= 15 is 0 Å². The van der Waals surface area contributed by atoms with Crippen LogP contribution in [0.3, 0.4) is 0 Å². The van der Waals surface area contributed by atoms with E-state index in [1.165, 1.54) is 24.8 Å². The van der Waals surface area contributed by atoms with Crippen LogP contribution >= 0.6 is 0 Å². The highest BCUT2D eigenvalue weighted by Gasteiger charge is 1.94. The molecule has 0 amide bonds.